The van der Waals surface area contributed by atoms with Crippen molar-refractivity contribution in [3.63, 3.8) is 0 Å². The highest BCUT2D eigenvalue weighted by Gasteiger charge is 2.25. The van der Waals surface area contributed by atoms with Crippen molar-refractivity contribution in [2.75, 3.05) is 39.9 Å². The molecule has 1 rings (SSSR count). The van der Waals surface area contributed by atoms with Crippen LogP contribution in [0.5, 0.6) is 0 Å². The van der Waals surface area contributed by atoms with Gasteiger partial charge >= 0.3 is 0 Å². The summed E-state index contributed by atoms with van der Waals surface area (Å²) in [5, 5.41) is 0. The van der Waals surface area contributed by atoms with E-state index in [-0.39, 0.29) is 0 Å². The van der Waals surface area contributed by atoms with E-state index >= 15 is 0 Å². The quantitative estimate of drug-likeness (QED) is 0.622. The molecule has 1 fully saturated rings. The largest absolute Gasteiger partial charge is 0.370 e. The smallest absolute Gasteiger partial charge is 0.102 e. The normalized spacial score (nSPS) is 21.7. The maximum Gasteiger partial charge on any atom is 0.102 e. The predicted octanol–water partition coefficient (Wildman–Crippen LogP) is 3.32. The molecule has 0 N–H and O–H groups in total. The maximum atomic E-state index is 5.45. The minimum Gasteiger partial charge on any atom is -0.370 e. The summed E-state index contributed by atoms with van der Waals surface area (Å²) < 4.78 is 6.68. The molecule has 0 aromatic carbocycles. The van der Waals surface area contributed by atoms with Crippen LogP contribution < -0.4 is 0 Å². The Bertz CT molecular complexity index is 197. The summed E-state index contributed by atoms with van der Waals surface area (Å²) in [4.78, 5) is 0. The van der Waals surface area contributed by atoms with Crippen LogP contribution >= 0.6 is 0 Å². The molecule has 0 amide bonds. The minimum atomic E-state index is 0.867. The van der Waals surface area contributed by atoms with Gasteiger partial charge in [-0.3, -0.25) is 0 Å². The SMILES string of the molecule is CC(C)CCCC(C)CC[N+]1(C)CCOCC1. The van der Waals surface area contributed by atoms with E-state index < -0.39 is 0 Å². The van der Waals surface area contributed by atoms with Crippen molar-refractivity contribution < 1.29 is 9.22 Å². The lowest BCUT2D eigenvalue weighted by Crippen LogP contribution is -2.52. The third kappa shape index (κ3) is 6.42. The van der Waals surface area contributed by atoms with Crippen molar-refractivity contribution >= 4 is 0 Å². The summed E-state index contributed by atoms with van der Waals surface area (Å²) in [5.41, 5.74) is 0. The second-order valence-corrected chi connectivity index (χ2v) is 6.62. The fourth-order valence-corrected chi connectivity index (χ4v) is 2.56. The third-order valence-corrected chi connectivity index (χ3v) is 4.19. The second-order valence-electron chi connectivity index (χ2n) is 6.62. The zero-order valence-corrected chi connectivity index (χ0v) is 12.4. The van der Waals surface area contributed by atoms with E-state index in [1.807, 2.05) is 0 Å². The molecule has 2 nitrogen and oxygen atoms in total. The van der Waals surface area contributed by atoms with E-state index in [4.69, 9.17) is 4.74 Å². The summed E-state index contributed by atoms with van der Waals surface area (Å²) >= 11 is 0. The number of quaternary nitrogens is 1. The predicted molar refractivity (Wildman–Crippen MR) is 74.1 cm³/mol. The number of likely N-dealkylation sites (N-methyl/N-ethyl adjacent to an activating group) is 1. The first kappa shape index (κ1) is 15.0. The van der Waals surface area contributed by atoms with Gasteiger partial charge < -0.3 is 9.22 Å². The van der Waals surface area contributed by atoms with E-state index in [9.17, 15) is 0 Å². The van der Waals surface area contributed by atoms with Crippen molar-refractivity contribution in [1.82, 2.24) is 0 Å². The number of ether oxygens (including phenoxy) is 1. The maximum absolute atomic E-state index is 5.45. The first-order valence-electron chi connectivity index (χ1n) is 7.43. The van der Waals surface area contributed by atoms with Crippen LogP contribution in [0.4, 0.5) is 0 Å². The minimum absolute atomic E-state index is 0.867. The number of morpholine rings is 1. The van der Waals surface area contributed by atoms with E-state index in [1.54, 1.807) is 0 Å². The molecule has 0 bridgehead atoms. The molecule has 1 unspecified atom stereocenters. The summed E-state index contributed by atoms with van der Waals surface area (Å²) in [6.45, 7) is 12.7. The average molecular weight is 242 g/mol. The molecule has 0 radical (unpaired) electrons. The molecule has 102 valence electrons. The standard InChI is InChI=1S/C15H32NO/c1-14(2)6-5-7-15(3)8-9-16(4)10-12-17-13-11-16/h14-15H,5-13H2,1-4H3/q+1. The zero-order chi connectivity index (χ0) is 12.7. The summed E-state index contributed by atoms with van der Waals surface area (Å²) in [7, 11) is 2.39. The number of rotatable bonds is 7. The third-order valence-electron chi connectivity index (χ3n) is 4.19. The van der Waals surface area contributed by atoms with Crippen molar-refractivity contribution in [1.29, 1.82) is 0 Å². The highest BCUT2D eigenvalue weighted by molar-refractivity contribution is 4.57. The lowest BCUT2D eigenvalue weighted by molar-refractivity contribution is -0.917. The first-order chi connectivity index (χ1) is 8.02. The van der Waals surface area contributed by atoms with Crippen molar-refractivity contribution in [3.8, 4) is 0 Å². The van der Waals surface area contributed by atoms with Crippen LogP contribution in [-0.4, -0.2) is 44.4 Å². The van der Waals surface area contributed by atoms with Crippen molar-refractivity contribution in [2.24, 2.45) is 11.8 Å². The van der Waals surface area contributed by atoms with Gasteiger partial charge in [0.2, 0.25) is 0 Å². The number of nitrogens with zero attached hydrogens (tertiary/aromatic N) is 1. The molecule has 0 aliphatic carbocycles. The molecule has 0 saturated carbocycles. The van der Waals surface area contributed by atoms with Crippen LogP contribution in [0.1, 0.15) is 46.5 Å². The molecule has 0 spiro atoms. The summed E-state index contributed by atoms with van der Waals surface area (Å²) in [6, 6.07) is 0. The molecular formula is C15H32NO+. The van der Waals surface area contributed by atoms with Crippen LogP contribution in [0, 0.1) is 11.8 Å². The van der Waals surface area contributed by atoms with E-state index in [2.05, 4.69) is 27.8 Å². The fraction of sp³-hybridized carbons (Fsp3) is 1.00. The van der Waals surface area contributed by atoms with Gasteiger partial charge in [0.1, 0.15) is 13.1 Å². The van der Waals surface area contributed by atoms with Gasteiger partial charge in [0, 0.05) is 0 Å². The van der Waals surface area contributed by atoms with Gasteiger partial charge in [-0.2, -0.15) is 0 Å². The first-order valence-corrected chi connectivity index (χ1v) is 7.43. The van der Waals surface area contributed by atoms with Gasteiger partial charge in [0.05, 0.1) is 26.8 Å². The van der Waals surface area contributed by atoms with E-state index in [0.29, 0.717) is 0 Å². The Hall–Kier alpha value is -0.0800. The van der Waals surface area contributed by atoms with Crippen LogP contribution in [-0.2, 0) is 4.74 Å². The molecule has 0 aromatic rings. The Kier molecular flexibility index (Phi) is 6.50. The Morgan fingerprint density at radius 2 is 1.65 bits per heavy atom. The monoisotopic (exact) mass is 242 g/mol. The highest BCUT2D eigenvalue weighted by Crippen LogP contribution is 2.18. The molecule has 1 heterocycles. The molecular weight excluding hydrogens is 210 g/mol. The van der Waals surface area contributed by atoms with Gasteiger partial charge in [-0.1, -0.05) is 40.0 Å². The zero-order valence-electron chi connectivity index (χ0n) is 12.4. The van der Waals surface area contributed by atoms with Gasteiger partial charge in [0.25, 0.3) is 0 Å². The van der Waals surface area contributed by atoms with Crippen LogP contribution in [0.3, 0.4) is 0 Å². The Labute approximate surface area is 108 Å². The Balaban J connectivity index is 2.11. The molecule has 1 atom stereocenters. The topological polar surface area (TPSA) is 9.23 Å². The summed E-state index contributed by atoms with van der Waals surface area (Å²) in [5.74, 6) is 1.76. The summed E-state index contributed by atoms with van der Waals surface area (Å²) in [6.07, 6.45) is 5.60. The Morgan fingerprint density at radius 1 is 1.00 bits per heavy atom. The molecule has 0 aromatic heterocycles. The number of hydrogen-bond acceptors (Lipinski definition) is 1. The lowest BCUT2D eigenvalue weighted by atomic mass is 9.97. The molecule has 1 aliphatic heterocycles. The molecule has 1 saturated heterocycles. The molecule has 2 heteroatoms. The van der Waals surface area contributed by atoms with E-state index in [0.717, 1.165) is 25.0 Å². The highest BCUT2D eigenvalue weighted by atomic mass is 16.5. The van der Waals surface area contributed by atoms with Crippen molar-refractivity contribution in [2.45, 2.75) is 46.5 Å². The van der Waals surface area contributed by atoms with Crippen LogP contribution in [0.25, 0.3) is 0 Å². The van der Waals surface area contributed by atoms with Crippen LogP contribution in [0.2, 0.25) is 0 Å². The van der Waals surface area contributed by atoms with E-state index in [1.165, 1.54) is 49.8 Å². The second kappa shape index (κ2) is 7.38. The van der Waals surface area contributed by atoms with Gasteiger partial charge in [-0.15, -0.1) is 0 Å². The fourth-order valence-electron chi connectivity index (χ4n) is 2.56. The molecule has 1 aliphatic rings. The average Bonchev–Trinajstić information content (AvgIpc) is 2.27. The lowest BCUT2D eigenvalue weighted by Gasteiger charge is -2.38. The Morgan fingerprint density at radius 3 is 2.24 bits per heavy atom. The van der Waals surface area contributed by atoms with Gasteiger partial charge in [-0.05, 0) is 18.3 Å². The van der Waals surface area contributed by atoms with Crippen molar-refractivity contribution in [3.05, 3.63) is 0 Å². The van der Waals surface area contributed by atoms with Crippen LogP contribution in [0.15, 0.2) is 0 Å². The molecule has 17 heavy (non-hydrogen) atoms. The van der Waals surface area contributed by atoms with Gasteiger partial charge in [0.15, 0.2) is 0 Å². The van der Waals surface area contributed by atoms with Gasteiger partial charge in [-0.25, -0.2) is 0 Å². The number of hydrogen-bond donors (Lipinski definition) is 0.